The second-order valence-electron chi connectivity index (χ2n) is 17.9. The number of anilines is 9. The van der Waals surface area contributed by atoms with Crippen LogP contribution in [0.1, 0.15) is 31.9 Å². The van der Waals surface area contributed by atoms with Crippen molar-refractivity contribution in [3.63, 3.8) is 0 Å². The van der Waals surface area contributed by atoms with Crippen molar-refractivity contribution in [3.8, 4) is 22.6 Å². The van der Waals surface area contributed by atoms with Crippen LogP contribution in [-0.2, 0) is 5.41 Å². The van der Waals surface area contributed by atoms with Crippen molar-refractivity contribution in [1.29, 1.82) is 0 Å². The second kappa shape index (κ2) is 15.9. The first-order valence-corrected chi connectivity index (χ1v) is 22.2. The molecular formula is C59H48BN3O. The highest BCUT2D eigenvalue weighted by Gasteiger charge is 2.43. The van der Waals surface area contributed by atoms with Crippen LogP contribution in [0.25, 0.3) is 11.1 Å². The zero-order valence-corrected chi connectivity index (χ0v) is 36.6. The topological polar surface area (TPSA) is 19.0 Å². The van der Waals surface area contributed by atoms with E-state index in [-0.39, 0.29) is 12.1 Å². The lowest BCUT2D eigenvalue weighted by molar-refractivity contribution is 0.487. The SMILES string of the molecule is Cc1cc2c3c(c1)N(c1ccc(C(C)(C)C)cc1-c1ccccc1)c1cc(N(c4ccccc4)c4ccccc4)ccc1B3c1ccc(N(c3ccccc3)c3ccccc3)cc1O2. The van der Waals surface area contributed by atoms with Crippen molar-refractivity contribution in [3.05, 3.63) is 230 Å². The molecule has 0 spiro atoms. The van der Waals surface area contributed by atoms with Crippen LogP contribution < -0.4 is 35.8 Å². The van der Waals surface area contributed by atoms with Crippen molar-refractivity contribution >= 4 is 74.3 Å². The van der Waals surface area contributed by atoms with E-state index < -0.39 is 0 Å². The monoisotopic (exact) mass is 825 g/mol. The fourth-order valence-electron chi connectivity index (χ4n) is 9.64. The van der Waals surface area contributed by atoms with E-state index in [1.165, 1.54) is 27.6 Å². The number of fused-ring (bicyclic) bond motifs is 4. The number of benzene rings is 9. The van der Waals surface area contributed by atoms with Gasteiger partial charge in [-0.2, -0.15) is 0 Å². The van der Waals surface area contributed by atoms with Gasteiger partial charge >= 0.3 is 0 Å². The van der Waals surface area contributed by atoms with E-state index in [1.807, 2.05) is 0 Å². The van der Waals surface area contributed by atoms with E-state index in [0.29, 0.717) is 0 Å². The summed E-state index contributed by atoms with van der Waals surface area (Å²) in [6.07, 6.45) is 0. The minimum atomic E-state index is -0.0819. The highest BCUT2D eigenvalue weighted by Crippen LogP contribution is 2.48. The minimum Gasteiger partial charge on any atom is -0.458 e. The maximum Gasteiger partial charge on any atom is 0.256 e. The Labute approximate surface area is 377 Å². The molecule has 0 aromatic heterocycles. The van der Waals surface area contributed by atoms with Crippen LogP contribution in [0.15, 0.2) is 218 Å². The molecule has 0 unspecified atom stereocenters. The average molecular weight is 826 g/mol. The Balaban J connectivity index is 1.16. The van der Waals surface area contributed by atoms with Gasteiger partial charge in [-0.3, -0.25) is 0 Å². The molecule has 9 aromatic carbocycles. The lowest BCUT2D eigenvalue weighted by atomic mass is 9.34. The number of para-hydroxylation sites is 4. The first kappa shape index (κ1) is 39.1. The van der Waals surface area contributed by atoms with Gasteiger partial charge in [0.05, 0.1) is 5.69 Å². The molecule has 0 aliphatic carbocycles. The van der Waals surface area contributed by atoms with Gasteiger partial charge in [0.2, 0.25) is 0 Å². The molecule has 2 aliphatic rings. The predicted octanol–water partition coefficient (Wildman–Crippen LogP) is 14.3. The van der Waals surface area contributed by atoms with Crippen LogP contribution in [0.5, 0.6) is 11.5 Å². The van der Waals surface area contributed by atoms with Crippen molar-refractivity contribution < 1.29 is 4.74 Å². The number of hydrogen-bond donors (Lipinski definition) is 0. The summed E-state index contributed by atoms with van der Waals surface area (Å²) in [5, 5.41) is 0. The molecule has 64 heavy (non-hydrogen) atoms. The van der Waals surface area contributed by atoms with Crippen LogP contribution in [0.2, 0.25) is 0 Å². The number of nitrogens with zero attached hydrogens (tertiary/aromatic N) is 3. The average Bonchev–Trinajstić information content (AvgIpc) is 3.32. The molecule has 0 saturated carbocycles. The number of aryl methyl sites for hydroxylation is 1. The van der Waals surface area contributed by atoms with Crippen molar-refractivity contribution in [2.75, 3.05) is 14.7 Å². The van der Waals surface area contributed by atoms with Gasteiger partial charge < -0.3 is 19.4 Å². The van der Waals surface area contributed by atoms with E-state index in [9.17, 15) is 0 Å². The molecule has 0 saturated heterocycles. The molecule has 0 amide bonds. The van der Waals surface area contributed by atoms with Gasteiger partial charge in [-0.15, -0.1) is 0 Å². The largest absolute Gasteiger partial charge is 0.458 e. The minimum absolute atomic E-state index is 0.0402. The molecule has 0 atom stereocenters. The Hall–Kier alpha value is -7.76. The van der Waals surface area contributed by atoms with E-state index in [2.05, 4.69) is 261 Å². The zero-order chi connectivity index (χ0) is 43.4. The summed E-state index contributed by atoms with van der Waals surface area (Å²) < 4.78 is 7.16. The van der Waals surface area contributed by atoms with Crippen molar-refractivity contribution in [1.82, 2.24) is 0 Å². The van der Waals surface area contributed by atoms with E-state index in [4.69, 9.17) is 4.74 Å². The number of hydrogen-bond acceptors (Lipinski definition) is 4. The van der Waals surface area contributed by atoms with Gasteiger partial charge in [0.25, 0.3) is 6.71 Å². The third kappa shape index (κ3) is 6.90. The summed E-state index contributed by atoms with van der Waals surface area (Å²) in [7, 11) is 0. The molecule has 9 aromatic rings. The molecule has 0 N–H and O–H groups in total. The molecule has 2 aliphatic heterocycles. The standard InChI is InChI=1S/C59H48BN3O/c1-41-36-55-58-57(37-41)64-56-40-49(62(46-26-16-8-17-27-46)47-28-18-9-19-29-47)32-34-52(56)60(58)51-33-31-48(61(44-22-12-6-13-23-44)45-24-14-7-15-25-45)39-54(51)63(55)53-35-30-43(59(2,3)4)38-50(53)42-20-10-5-11-21-42/h5-40H,1-4H3. The predicted molar refractivity (Wildman–Crippen MR) is 271 cm³/mol. The zero-order valence-electron chi connectivity index (χ0n) is 36.6. The maximum absolute atomic E-state index is 7.16. The summed E-state index contributed by atoms with van der Waals surface area (Å²) >= 11 is 0. The lowest BCUT2D eigenvalue weighted by Crippen LogP contribution is -2.59. The van der Waals surface area contributed by atoms with Gasteiger partial charge in [-0.05, 0) is 136 Å². The summed E-state index contributed by atoms with van der Waals surface area (Å²) in [5.41, 5.74) is 18.2. The second-order valence-corrected chi connectivity index (χ2v) is 17.9. The quantitative estimate of drug-likeness (QED) is 0.142. The number of rotatable bonds is 8. The Kier molecular flexibility index (Phi) is 9.69. The van der Waals surface area contributed by atoms with Crippen molar-refractivity contribution in [2.24, 2.45) is 0 Å². The Morgan fingerprint density at radius 2 is 0.922 bits per heavy atom. The van der Waals surface area contributed by atoms with Gasteiger partial charge in [-0.25, -0.2) is 0 Å². The smallest absolute Gasteiger partial charge is 0.256 e. The summed E-state index contributed by atoms with van der Waals surface area (Å²) in [6, 6.07) is 78.9. The summed E-state index contributed by atoms with van der Waals surface area (Å²) in [5.74, 6) is 1.75. The van der Waals surface area contributed by atoms with Crippen LogP contribution in [0.3, 0.4) is 0 Å². The molecule has 0 bridgehead atoms. The first-order valence-electron chi connectivity index (χ1n) is 22.2. The lowest BCUT2D eigenvalue weighted by Gasteiger charge is -2.42. The van der Waals surface area contributed by atoms with Gasteiger partial charge in [0.1, 0.15) is 11.5 Å². The summed E-state index contributed by atoms with van der Waals surface area (Å²) in [6.45, 7) is 8.98. The Bertz CT molecular complexity index is 3050. The molecule has 11 rings (SSSR count). The first-order chi connectivity index (χ1) is 31.3. The molecule has 0 fully saturated rings. The molecule has 0 radical (unpaired) electrons. The Morgan fingerprint density at radius 3 is 1.45 bits per heavy atom. The molecule has 5 heteroatoms. The maximum atomic E-state index is 7.16. The fraction of sp³-hybridized carbons (Fsp3) is 0.0847. The highest BCUT2D eigenvalue weighted by atomic mass is 16.5. The van der Waals surface area contributed by atoms with E-state index in [0.717, 1.165) is 73.7 Å². The van der Waals surface area contributed by atoms with Crippen LogP contribution in [0, 0.1) is 6.92 Å². The Morgan fingerprint density at radius 1 is 0.422 bits per heavy atom. The fourth-order valence-corrected chi connectivity index (χ4v) is 9.64. The van der Waals surface area contributed by atoms with Gasteiger partial charge in [0.15, 0.2) is 0 Å². The van der Waals surface area contributed by atoms with Gasteiger partial charge in [0, 0.05) is 57.1 Å². The summed E-state index contributed by atoms with van der Waals surface area (Å²) in [4.78, 5) is 7.18. The number of ether oxygens (including phenoxy) is 1. The molecule has 2 heterocycles. The third-order valence-electron chi connectivity index (χ3n) is 12.7. The van der Waals surface area contributed by atoms with Crippen LogP contribution in [0.4, 0.5) is 51.2 Å². The van der Waals surface area contributed by atoms with Crippen LogP contribution in [-0.4, -0.2) is 6.71 Å². The highest BCUT2D eigenvalue weighted by molar-refractivity contribution is 6.99. The van der Waals surface area contributed by atoms with Gasteiger partial charge in [-0.1, -0.05) is 142 Å². The normalized spacial score (nSPS) is 12.4. The van der Waals surface area contributed by atoms with Crippen molar-refractivity contribution in [2.45, 2.75) is 33.1 Å². The molecular weight excluding hydrogens is 777 g/mol. The van der Waals surface area contributed by atoms with E-state index >= 15 is 0 Å². The molecule has 4 nitrogen and oxygen atoms in total. The van der Waals surface area contributed by atoms with E-state index in [1.54, 1.807) is 0 Å². The third-order valence-corrected chi connectivity index (χ3v) is 12.7. The van der Waals surface area contributed by atoms with Crippen LogP contribution >= 0.6 is 0 Å². The molecule has 308 valence electrons.